The van der Waals surface area contributed by atoms with Crippen LogP contribution in [0.5, 0.6) is 0 Å². The minimum absolute atomic E-state index is 0.0117. The molecule has 1 N–H and O–H groups in total. The van der Waals surface area contributed by atoms with Crippen LogP contribution in [0.25, 0.3) is 0 Å². The Kier molecular flexibility index (Phi) is 5.90. The topological polar surface area (TPSA) is 46.2 Å². The molecule has 0 aromatic heterocycles. The first-order chi connectivity index (χ1) is 10.6. The van der Waals surface area contributed by atoms with E-state index in [1.807, 2.05) is 43.3 Å². The Morgan fingerprint density at radius 2 is 1.73 bits per heavy atom. The Hall–Kier alpha value is -2.42. The van der Waals surface area contributed by atoms with E-state index in [9.17, 15) is 9.59 Å². The average molecular weight is 295 g/mol. The molecule has 0 radical (unpaired) electrons. The number of hydrogen-bond acceptors (Lipinski definition) is 2. The maximum Gasteiger partial charge on any atom is 0.220 e. The number of nitrogens with one attached hydrogen (secondary N) is 1. The van der Waals surface area contributed by atoms with Gasteiger partial charge in [-0.25, -0.2) is 0 Å². The average Bonchev–Trinajstić information content (AvgIpc) is 2.54. The zero-order valence-corrected chi connectivity index (χ0v) is 12.8. The van der Waals surface area contributed by atoms with Crippen molar-refractivity contribution < 1.29 is 9.59 Å². The van der Waals surface area contributed by atoms with Gasteiger partial charge in [-0.05, 0) is 18.9 Å². The highest BCUT2D eigenvalue weighted by Crippen LogP contribution is 2.07. The van der Waals surface area contributed by atoms with E-state index in [2.05, 4.69) is 11.4 Å². The molecule has 22 heavy (non-hydrogen) atoms. The van der Waals surface area contributed by atoms with Crippen LogP contribution in [-0.4, -0.2) is 11.7 Å². The Morgan fingerprint density at radius 1 is 0.955 bits per heavy atom. The van der Waals surface area contributed by atoms with E-state index in [-0.39, 0.29) is 11.7 Å². The van der Waals surface area contributed by atoms with Gasteiger partial charge in [-0.15, -0.1) is 0 Å². The van der Waals surface area contributed by atoms with E-state index in [1.165, 1.54) is 5.56 Å². The number of aryl methyl sites for hydroxylation is 1. The molecule has 2 aromatic rings. The number of hydrogen-bond donors (Lipinski definition) is 1. The van der Waals surface area contributed by atoms with Crippen molar-refractivity contribution in [2.24, 2.45) is 0 Å². The number of rotatable bonds is 7. The van der Waals surface area contributed by atoms with Crippen molar-refractivity contribution in [1.29, 1.82) is 0 Å². The summed E-state index contributed by atoms with van der Waals surface area (Å²) in [4.78, 5) is 23.7. The lowest BCUT2D eigenvalue weighted by atomic mass is 10.1. The summed E-state index contributed by atoms with van der Waals surface area (Å²) in [5.41, 5.74) is 2.98. The number of carbonyl (C=O) groups is 2. The van der Waals surface area contributed by atoms with Crippen molar-refractivity contribution in [3.05, 3.63) is 71.3 Å². The zero-order chi connectivity index (χ0) is 15.8. The van der Waals surface area contributed by atoms with Crippen LogP contribution < -0.4 is 5.32 Å². The van der Waals surface area contributed by atoms with Crippen LogP contribution in [0.15, 0.2) is 54.6 Å². The molecule has 0 saturated heterocycles. The van der Waals surface area contributed by atoms with Gasteiger partial charge in [0.05, 0.1) is 0 Å². The second kappa shape index (κ2) is 8.13. The van der Waals surface area contributed by atoms with Crippen molar-refractivity contribution in [1.82, 2.24) is 5.32 Å². The summed E-state index contributed by atoms with van der Waals surface area (Å²) in [6.45, 7) is 2.56. The zero-order valence-electron chi connectivity index (χ0n) is 12.8. The molecule has 0 spiro atoms. The van der Waals surface area contributed by atoms with Crippen LogP contribution >= 0.6 is 0 Å². The third-order valence-corrected chi connectivity index (χ3v) is 3.48. The highest BCUT2D eigenvalue weighted by Gasteiger charge is 2.07. The molecule has 0 fully saturated rings. The van der Waals surface area contributed by atoms with Crippen molar-refractivity contribution >= 4 is 11.7 Å². The second-order valence-corrected chi connectivity index (χ2v) is 5.41. The summed E-state index contributed by atoms with van der Waals surface area (Å²) in [6.07, 6.45) is 1.36. The van der Waals surface area contributed by atoms with Gasteiger partial charge in [0, 0.05) is 24.9 Å². The van der Waals surface area contributed by atoms with Crippen LogP contribution in [0.3, 0.4) is 0 Å². The Balaban J connectivity index is 1.69. The van der Waals surface area contributed by atoms with E-state index in [4.69, 9.17) is 0 Å². The molecule has 3 nitrogen and oxygen atoms in total. The van der Waals surface area contributed by atoms with E-state index < -0.39 is 0 Å². The van der Waals surface area contributed by atoms with Crippen molar-refractivity contribution in [2.75, 3.05) is 0 Å². The highest BCUT2D eigenvalue weighted by molar-refractivity contribution is 5.96. The van der Waals surface area contributed by atoms with E-state index >= 15 is 0 Å². The molecule has 1 amide bonds. The molecule has 0 unspecified atom stereocenters. The lowest BCUT2D eigenvalue weighted by Gasteiger charge is -2.06. The maximum atomic E-state index is 11.9. The van der Waals surface area contributed by atoms with Crippen molar-refractivity contribution in [2.45, 2.75) is 32.7 Å². The molecule has 114 valence electrons. The van der Waals surface area contributed by atoms with Crippen LogP contribution in [-0.2, 0) is 11.3 Å². The predicted octanol–water partition coefficient (Wildman–Crippen LogP) is 3.66. The Bertz CT molecular complexity index is 635. The maximum absolute atomic E-state index is 11.9. The SMILES string of the molecule is Cc1cccc(CNC(=O)CCCC(=O)c2ccccc2)c1. The second-order valence-electron chi connectivity index (χ2n) is 5.41. The summed E-state index contributed by atoms with van der Waals surface area (Å²) >= 11 is 0. The van der Waals surface area contributed by atoms with Gasteiger partial charge in [-0.2, -0.15) is 0 Å². The third kappa shape index (κ3) is 5.17. The van der Waals surface area contributed by atoms with Gasteiger partial charge in [0.15, 0.2) is 5.78 Å². The number of Topliss-reactive ketones (excluding diaryl/α,β-unsaturated/α-hetero) is 1. The molecule has 0 aliphatic heterocycles. The summed E-state index contributed by atoms with van der Waals surface area (Å²) in [7, 11) is 0. The molecule has 0 atom stereocenters. The largest absolute Gasteiger partial charge is 0.352 e. The van der Waals surface area contributed by atoms with Crippen LogP contribution in [0, 0.1) is 6.92 Å². The van der Waals surface area contributed by atoms with E-state index in [1.54, 1.807) is 12.1 Å². The van der Waals surface area contributed by atoms with E-state index in [0.717, 1.165) is 5.56 Å². The molecule has 0 bridgehead atoms. The smallest absolute Gasteiger partial charge is 0.220 e. The molecular weight excluding hydrogens is 274 g/mol. The van der Waals surface area contributed by atoms with Gasteiger partial charge in [0.25, 0.3) is 0 Å². The summed E-state index contributed by atoms with van der Waals surface area (Å²) in [5.74, 6) is 0.0782. The molecule has 3 heteroatoms. The van der Waals surface area contributed by atoms with Crippen molar-refractivity contribution in [3.63, 3.8) is 0 Å². The number of benzene rings is 2. The molecular formula is C19H21NO2. The van der Waals surface area contributed by atoms with Crippen LogP contribution in [0.4, 0.5) is 0 Å². The summed E-state index contributed by atoms with van der Waals surface area (Å²) in [5, 5.41) is 2.89. The fraction of sp³-hybridized carbons (Fsp3) is 0.263. The summed E-state index contributed by atoms with van der Waals surface area (Å²) in [6, 6.07) is 17.3. The Labute approximate surface area is 131 Å². The minimum Gasteiger partial charge on any atom is -0.352 e. The number of amides is 1. The first-order valence-corrected chi connectivity index (χ1v) is 7.55. The van der Waals surface area contributed by atoms with Gasteiger partial charge in [0.2, 0.25) is 5.91 Å². The van der Waals surface area contributed by atoms with Gasteiger partial charge in [-0.1, -0.05) is 60.2 Å². The quantitative estimate of drug-likeness (QED) is 0.792. The fourth-order valence-electron chi connectivity index (χ4n) is 2.29. The first kappa shape index (κ1) is 16.0. The Morgan fingerprint density at radius 3 is 2.45 bits per heavy atom. The normalized spacial score (nSPS) is 10.2. The fourth-order valence-corrected chi connectivity index (χ4v) is 2.29. The third-order valence-electron chi connectivity index (χ3n) is 3.48. The molecule has 2 aromatic carbocycles. The van der Waals surface area contributed by atoms with Gasteiger partial charge >= 0.3 is 0 Å². The molecule has 0 aliphatic carbocycles. The molecule has 0 saturated carbocycles. The van der Waals surface area contributed by atoms with Crippen molar-refractivity contribution in [3.8, 4) is 0 Å². The van der Waals surface area contributed by atoms with E-state index in [0.29, 0.717) is 31.4 Å². The number of ketones is 1. The number of carbonyl (C=O) groups excluding carboxylic acids is 2. The van der Waals surface area contributed by atoms with Crippen LogP contribution in [0.1, 0.15) is 40.7 Å². The van der Waals surface area contributed by atoms with Gasteiger partial charge < -0.3 is 5.32 Å². The highest BCUT2D eigenvalue weighted by atomic mass is 16.1. The van der Waals surface area contributed by atoms with Gasteiger partial charge in [0.1, 0.15) is 0 Å². The van der Waals surface area contributed by atoms with Crippen LogP contribution in [0.2, 0.25) is 0 Å². The molecule has 2 rings (SSSR count). The minimum atomic E-state index is -0.0117. The molecule has 0 heterocycles. The molecule has 0 aliphatic rings. The van der Waals surface area contributed by atoms with Gasteiger partial charge in [-0.3, -0.25) is 9.59 Å². The standard InChI is InChI=1S/C19H21NO2/c1-15-7-5-8-16(13-15)14-20-19(22)12-6-11-18(21)17-9-3-2-4-10-17/h2-5,7-10,13H,6,11-12,14H2,1H3,(H,20,22). The predicted molar refractivity (Wildman–Crippen MR) is 87.6 cm³/mol. The lowest BCUT2D eigenvalue weighted by Crippen LogP contribution is -2.22. The summed E-state index contributed by atoms with van der Waals surface area (Å²) < 4.78 is 0. The lowest BCUT2D eigenvalue weighted by molar-refractivity contribution is -0.121. The first-order valence-electron chi connectivity index (χ1n) is 7.55. The monoisotopic (exact) mass is 295 g/mol.